The molecule has 1 aliphatic heterocycles. The van der Waals surface area contributed by atoms with Gasteiger partial charge in [-0.3, -0.25) is 9.69 Å². The van der Waals surface area contributed by atoms with Crippen LogP contribution in [-0.4, -0.2) is 28.3 Å². The van der Waals surface area contributed by atoms with Gasteiger partial charge in [0.1, 0.15) is 29.0 Å². The second-order valence-corrected chi connectivity index (χ2v) is 9.85. The Balaban J connectivity index is 1.43. The van der Waals surface area contributed by atoms with Gasteiger partial charge < -0.3 is 9.47 Å². The van der Waals surface area contributed by atoms with Crippen molar-refractivity contribution in [1.29, 1.82) is 0 Å². The van der Waals surface area contributed by atoms with Gasteiger partial charge in [-0.2, -0.15) is 0 Å². The lowest BCUT2D eigenvalue weighted by molar-refractivity contribution is -0.122. The molecule has 1 fully saturated rings. The van der Waals surface area contributed by atoms with Crippen LogP contribution in [0.25, 0.3) is 6.08 Å². The molecule has 3 aromatic rings. The van der Waals surface area contributed by atoms with Crippen molar-refractivity contribution in [2.45, 2.75) is 13.0 Å². The first-order valence-corrected chi connectivity index (χ1v) is 12.7. The number of amides is 1. The first-order valence-electron chi connectivity index (χ1n) is 11.1. The lowest BCUT2D eigenvalue weighted by Gasteiger charge is -2.14. The summed E-state index contributed by atoms with van der Waals surface area (Å²) in [5.41, 5.74) is 2.81. The van der Waals surface area contributed by atoms with Crippen molar-refractivity contribution < 1.29 is 14.3 Å². The summed E-state index contributed by atoms with van der Waals surface area (Å²) in [5.74, 6) is 1.30. The molecule has 0 bridgehead atoms. The number of nitrogens with zero attached hydrogens (tertiary/aromatic N) is 1. The molecule has 178 valence electrons. The van der Waals surface area contributed by atoms with E-state index in [0.717, 1.165) is 23.3 Å². The van der Waals surface area contributed by atoms with E-state index in [1.54, 1.807) is 29.2 Å². The number of benzene rings is 3. The van der Waals surface area contributed by atoms with Crippen molar-refractivity contribution in [2.75, 3.05) is 13.2 Å². The number of hydrogen-bond acceptors (Lipinski definition) is 5. The van der Waals surface area contributed by atoms with Crippen LogP contribution in [0.5, 0.6) is 11.5 Å². The highest BCUT2D eigenvalue weighted by atomic mass is 35.5. The van der Waals surface area contributed by atoms with Crippen molar-refractivity contribution >= 4 is 51.9 Å². The predicted molar refractivity (Wildman–Crippen MR) is 148 cm³/mol. The predicted octanol–water partition coefficient (Wildman–Crippen LogP) is 6.93. The van der Waals surface area contributed by atoms with E-state index in [0.29, 0.717) is 45.3 Å². The average Bonchev–Trinajstić information content (AvgIpc) is 3.12. The van der Waals surface area contributed by atoms with E-state index in [-0.39, 0.29) is 5.91 Å². The summed E-state index contributed by atoms with van der Waals surface area (Å²) in [4.78, 5) is 15.2. The highest BCUT2D eigenvalue weighted by Crippen LogP contribution is 2.36. The Morgan fingerprint density at radius 3 is 2.46 bits per heavy atom. The van der Waals surface area contributed by atoms with Gasteiger partial charge >= 0.3 is 0 Å². The zero-order valence-electron chi connectivity index (χ0n) is 19.0. The molecular weight excluding hydrogens is 498 g/mol. The Bertz CT molecular complexity index is 1260. The van der Waals surface area contributed by atoms with Crippen molar-refractivity contribution in [3.8, 4) is 11.5 Å². The molecule has 1 saturated heterocycles. The number of allylic oxidation sites excluding steroid dienone is 1. The molecule has 0 atom stereocenters. The Kier molecular flexibility index (Phi) is 8.64. The normalized spacial score (nSPS) is 14.4. The summed E-state index contributed by atoms with van der Waals surface area (Å²) >= 11 is 13.0. The van der Waals surface area contributed by atoms with E-state index in [9.17, 15) is 4.79 Å². The van der Waals surface area contributed by atoms with Gasteiger partial charge in [0.05, 0.1) is 11.4 Å². The van der Waals surface area contributed by atoms with Crippen LogP contribution in [0.4, 0.5) is 0 Å². The van der Waals surface area contributed by atoms with Crippen molar-refractivity contribution in [3.05, 3.63) is 112 Å². The third-order valence-electron chi connectivity index (χ3n) is 5.25. The first-order chi connectivity index (χ1) is 17.0. The number of para-hydroxylation sites is 1. The molecule has 35 heavy (non-hydrogen) atoms. The summed E-state index contributed by atoms with van der Waals surface area (Å²) in [6.45, 7) is 4.93. The maximum absolute atomic E-state index is 13.1. The fourth-order valence-corrected chi connectivity index (χ4v) is 5.01. The van der Waals surface area contributed by atoms with Crippen LogP contribution >= 0.6 is 35.6 Å². The van der Waals surface area contributed by atoms with Crippen LogP contribution in [0.2, 0.25) is 5.02 Å². The molecule has 1 amide bonds. The summed E-state index contributed by atoms with van der Waals surface area (Å²) in [6, 6.07) is 23.0. The van der Waals surface area contributed by atoms with Crippen molar-refractivity contribution in [3.63, 3.8) is 0 Å². The van der Waals surface area contributed by atoms with E-state index in [1.165, 1.54) is 11.8 Å². The summed E-state index contributed by atoms with van der Waals surface area (Å²) in [6.07, 6.45) is 4.37. The van der Waals surface area contributed by atoms with Crippen LogP contribution in [0, 0.1) is 0 Å². The topological polar surface area (TPSA) is 38.8 Å². The zero-order valence-corrected chi connectivity index (χ0v) is 21.4. The van der Waals surface area contributed by atoms with Gasteiger partial charge in [-0.1, -0.05) is 90.2 Å². The van der Waals surface area contributed by atoms with Crippen molar-refractivity contribution in [1.82, 2.24) is 4.90 Å². The van der Waals surface area contributed by atoms with Gasteiger partial charge in [0.25, 0.3) is 5.91 Å². The number of hydrogen-bond donors (Lipinski definition) is 0. The molecule has 0 aromatic heterocycles. The van der Waals surface area contributed by atoms with E-state index >= 15 is 0 Å². The summed E-state index contributed by atoms with van der Waals surface area (Å²) < 4.78 is 12.4. The Labute approximate surface area is 220 Å². The fourth-order valence-electron chi connectivity index (χ4n) is 3.58. The Hall–Kier alpha value is -3.06. The van der Waals surface area contributed by atoms with Crippen LogP contribution in [0.3, 0.4) is 0 Å². The SMILES string of the molecule is C=CCc1ccccc1OCCOc1ccc(Cl)cc1/C=C1\SC(=S)N(Cc2ccccc2)C1=O. The average molecular weight is 522 g/mol. The van der Waals surface area contributed by atoms with E-state index in [2.05, 4.69) is 6.58 Å². The molecule has 0 radical (unpaired) electrons. The highest BCUT2D eigenvalue weighted by Gasteiger charge is 2.32. The fraction of sp³-hybridized carbons (Fsp3) is 0.143. The molecule has 0 spiro atoms. The first kappa shape index (κ1) is 25.0. The van der Waals surface area contributed by atoms with Gasteiger partial charge in [-0.15, -0.1) is 6.58 Å². The number of rotatable bonds is 10. The highest BCUT2D eigenvalue weighted by molar-refractivity contribution is 8.26. The molecule has 1 aliphatic rings. The molecule has 0 N–H and O–H groups in total. The van der Waals surface area contributed by atoms with Gasteiger partial charge in [0, 0.05) is 10.6 Å². The zero-order chi connectivity index (χ0) is 24.6. The van der Waals surface area contributed by atoms with Gasteiger partial charge in [-0.05, 0) is 47.9 Å². The largest absolute Gasteiger partial charge is 0.490 e. The van der Waals surface area contributed by atoms with Crippen LogP contribution in [0.1, 0.15) is 16.7 Å². The number of thiocarbonyl (C=S) groups is 1. The Morgan fingerprint density at radius 2 is 1.69 bits per heavy atom. The van der Waals surface area contributed by atoms with E-state index < -0.39 is 0 Å². The monoisotopic (exact) mass is 521 g/mol. The molecule has 4 nitrogen and oxygen atoms in total. The van der Waals surface area contributed by atoms with Crippen LogP contribution in [0.15, 0.2) is 90.4 Å². The number of halogens is 1. The minimum absolute atomic E-state index is 0.128. The molecule has 7 heteroatoms. The number of ether oxygens (including phenoxy) is 2. The van der Waals surface area contributed by atoms with Gasteiger partial charge in [0.2, 0.25) is 0 Å². The minimum atomic E-state index is -0.128. The third-order valence-corrected chi connectivity index (χ3v) is 6.86. The quantitative estimate of drug-likeness (QED) is 0.125. The third kappa shape index (κ3) is 6.54. The lowest BCUT2D eigenvalue weighted by atomic mass is 10.1. The van der Waals surface area contributed by atoms with Crippen LogP contribution < -0.4 is 9.47 Å². The minimum Gasteiger partial charge on any atom is -0.490 e. The maximum Gasteiger partial charge on any atom is 0.266 e. The second kappa shape index (κ2) is 12.1. The molecule has 3 aromatic carbocycles. The molecule has 1 heterocycles. The maximum atomic E-state index is 13.1. The number of carbonyl (C=O) groups is 1. The standard InChI is InChI=1S/C28H24ClNO3S2/c1-2-8-21-11-6-7-12-24(21)32-15-16-33-25-14-13-23(29)17-22(25)18-26-27(31)30(28(34)35-26)19-20-9-4-3-5-10-20/h2-7,9-14,17-18H,1,8,15-16,19H2/b26-18-. The summed E-state index contributed by atoms with van der Waals surface area (Å²) in [7, 11) is 0. The molecule has 0 unspecified atom stereocenters. The van der Waals surface area contributed by atoms with E-state index in [1.807, 2.05) is 60.7 Å². The molecular formula is C28H24ClNO3S2. The van der Waals surface area contributed by atoms with Crippen LogP contribution in [-0.2, 0) is 17.8 Å². The summed E-state index contributed by atoms with van der Waals surface area (Å²) in [5, 5.41) is 0.554. The van der Waals surface area contributed by atoms with Gasteiger partial charge in [-0.25, -0.2) is 0 Å². The number of carbonyl (C=O) groups excluding carboxylic acids is 1. The van der Waals surface area contributed by atoms with E-state index in [4.69, 9.17) is 33.3 Å². The Morgan fingerprint density at radius 1 is 0.971 bits per heavy atom. The smallest absolute Gasteiger partial charge is 0.266 e. The van der Waals surface area contributed by atoms with Crippen molar-refractivity contribution in [2.24, 2.45) is 0 Å². The lowest BCUT2D eigenvalue weighted by Crippen LogP contribution is -2.27. The van der Waals surface area contributed by atoms with Gasteiger partial charge in [0.15, 0.2) is 0 Å². The number of thioether (sulfide) groups is 1. The molecule has 0 aliphatic carbocycles. The second-order valence-electron chi connectivity index (χ2n) is 7.73. The molecule has 4 rings (SSSR count). The molecule has 0 saturated carbocycles.